The van der Waals surface area contributed by atoms with Gasteiger partial charge in [0.1, 0.15) is 5.75 Å². The number of rotatable bonds is 7. The van der Waals surface area contributed by atoms with Gasteiger partial charge < -0.3 is 19.7 Å². The quantitative estimate of drug-likeness (QED) is 0.834. The minimum atomic E-state index is -0.0618. The van der Waals surface area contributed by atoms with Crippen molar-refractivity contribution in [3.8, 4) is 5.75 Å². The zero-order valence-electron chi connectivity index (χ0n) is 15.3. The van der Waals surface area contributed by atoms with Gasteiger partial charge in [-0.05, 0) is 52.2 Å². The molecule has 1 atom stereocenters. The summed E-state index contributed by atoms with van der Waals surface area (Å²) in [5.74, 6) is 0.929. The summed E-state index contributed by atoms with van der Waals surface area (Å²) in [5.41, 5.74) is 1.20. The third kappa shape index (κ3) is 5.40. The smallest absolute Gasteiger partial charge is 0.120 e. The third-order valence-corrected chi connectivity index (χ3v) is 4.78. The molecule has 0 unspecified atom stereocenters. The van der Waals surface area contributed by atoms with Crippen molar-refractivity contribution in [1.29, 1.82) is 0 Å². The van der Waals surface area contributed by atoms with Gasteiger partial charge in [-0.2, -0.15) is 0 Å². The van der Waals surface area contributed by atoms with E-state index in [4.69, 9.17) is 9.47 Å². The van der Waals surface area contributed by atoms with E-state index >= 15 is 0 Å². The number of nitrogens with zero attached hydrogens (tertiary/aromatic N) is 1. The number of methoxy groups -OCH3 is 2. The SMILES string of the molecule is COc1cccc(N2CCC(N[C@H](C)CC(C)(C)OC)CC2)c1. The second-order valence-corrected chi connectivity index (χ2v) is 7.20. The van der Waals surface area contributed by atoms with Crippen molar-refractivity contribution in [2.75, 3.05) is 32.2 Å². The van der Waals surface area contributed by atoms with Crippen LogP contribution in [0, 0.1) is 0 Å². The summed E-state index contributed by atoms with van der Waals surface area (Å²) in [5, 5.41) is 3.77. The fourth-order valence-corrected chi connectivity index (χ4v) is 3.39. The van der Waals surface area contributed by atoms with Crippen LogP contribution in [0.5, 0.6) is 5.75 Å². The fraction of sp³-hybridized carbons (Fsp3) is 0.684. The minimum Gasteiger partial charge on any atom is -0.497 e. The summed E-state index contributed by atoms with van der Waals surface area (Å²) >= 11 is 0. The Morgan fingerprint density at radius 1 is 1.26 bits per heavy atom. The maximum Gasteiger partial charge on any atom is 0.120 e. The van der Waals surface area contributed by atoms with Crippen molar-refractivity contribution < 1.29 is 9.47 Å². The molecule has 1 aliphatic heterocycles. The molecule has 4 nitrogen and oxygen atoms in total. The van der Waals surface area contributed by atoms with Crippen molar-refractivity contribution in [3.05, 3.63) is 24.3 Å². The van der Waals surface area contributed by atoms with E-state index < -0.39 is 0 Å². The predicted molar refractivity (Wildman–Crippen MR) is 96.5 cm³/mol. The van der Waals surface area contributed by atoms with Gasteiger partial charge in [-0.3, -0.25) is 0 Å². The molecular weight excluding hydrogens is 288 g/mol. The number of anilines is 1. The Balaban J connectivity index is 1.81. The van der Waals surface area contributed by atoms with Crippen molar-refractivity contribution in [1.82, 2.24) is 5.32 Å². The van der Waals surface area contributed by atoms with E-state index in [0.717, 1.165) is 25.3 Å². The first-order valence-electron chi connectivity index (χ1n) is 8.64. The van der Waals surface area contributed by atoms with E-state index in [1.807, 2.05) is 6.07 Å². The van der Waals surface area contributed by atoms with Gasteiger partial charge in [0.15, 0.2) is 0 Å². The zero-order valence-corrected chi connectivity index (χ0v) is 15.3. The first-order chi connectivity index (χ1) is 10.9. The highest BCUT2D eigenvalue weighted by molar-refractivity contribution is 5.51. The molecule has 1 heterocycles. The zero-order chi connectivity index (χ0) is 16.9. The van der Waals surface area contributed by atoms with E-state index in [2.05, 4.69) is 49.2 Å². The summed E-state index contributed by atoms with van der Waals surface area (Å²) in [6.45, 7) is 8.73. The van der Waals surface area contributed by atoms with Crippen molar-refractivity contribution in [2.45, 2.75) is 57.7 Å². The number of hydrogen-bond acceptors (Lipinski definition) is 4. The molecule has 0 amide bonds. The van der Waals surface area contributed by atoms with E-state index in [1.165, 1.54) is 18.5 Å². The normalized spacial score (nSPS) is 18.0. The molecule has 0 saturated carbocycles. The first kappa shape index (κ1) is 18.1. The van der Waals surface area contributed by atoms with E-state index in [9.17, 15) is 0 Å². The molecule has 0 bridgehead atoms. The molecular formula is C19H32N2O2. The average molecular weight is 320 g/mol. The van der Waals surface area contributed by atoms with Crippen molar-refractivity contribution in [2.24, 2.45) is 0 Å². The number of nitrogens with one attached hydrogen (secondary N) is 1. The van der Waals surface area contributed by atoms with Gasteiger partial charge in [-0.15, -0.1) is 0 Å². The number of ether oxygens (including phenoxy) is 2. The molecule has 1 aromatic rings. The van der Waals surface area contributed by atoms with Gasteiger partial charge >= 0.3 is 0 Å². The second-order valence-electron chi connectivity index (χ2n) is 7.20. The second kappa shape index (κ2) is 8.02. The van der Waals surface area contributed by atoms with E-state index in [-0.39, 0.29) is 5.60 Å². The highest BCUT2D eigenvalue weighted by Gasteiger charge is 2.24. The molecule has 0 spiro atoms. The largest absolute Gasteiger partial charge is 0.497 e. The number of hydrogen-bond donors (Lipinski definition) is 1. The van der Waals surface area contributed by atoms with E-state index in [0.29, 0.717) is 12.1 Å². The van der Waals surface area contributed by atoms with Crippen LogP contribution in [0.25, 0.3) is 0 Å². The lowest BCUT2D eigenvalue weighted by Crippen LogP contribution is -2.47. The highest BCUT2D eigenvalue weighted by atomic mass is 16.5. The van der Waals surface area contributed by atoms with Crippen LogP contribution in [0.2, 0.25) is 0 Å². The Morgan fingerprint density at radius 2 is 1.96 bits per heavy atom. The summed E-state index contributed by atoms with van der Waals surface area (Å²) in [7, 11) is 3.51. The molecule has 0 aliphatic carbocycles. The van der Waals surface area contributed by atoms with Crippen LogP contribution in [0.15, 0.2) is 24.3 Å². The molecule has 4 heteroatoms. The lowest BCUT2D eigenvalue weighted by molar-refractivity contribution is 0.00744. The molecule has 1 fully saturated rings. The maximum absolute atomic E-state index is 5.53. The average Bonchev–Trinajstić information content (AvgIpc) is 2.55. The summed E-state index contributed by atoms with van der Waals surface area (Å²) < 4.78 is 10.9. The highest BCUT2D eigenvalue weighted by Crippen LogP contribution is 2.24. The predicted octanol–water partition coefficient (Wildman–Crippen LogP) is 3.46. The lowest BCUT2D eigenvalue weighted by atomic mass is 9.97. The molecule has 1 aromatic carbocycles. The summed E-state index contributed by atoms with van der Waals surface area (Å²) in [4.78, 5) is 2.45. The van der Waals surface area contributed by atoms with Gasteiger partial charge in [-0.1, -0.05) is 6.07 Å². The molecule has 1 aliphatic rings. The Labute approximate surface area is 141 Å². The Morgan fingerprint density at radius 3 is 2.57 bits per heavy atom. The molecule has 1 saturated heterocycles. The first-order valence-corrected chi connectivity index (χ1v) is 8.64. The van der Waals surface area contributed by atoms with Crippen LogP contribution < -0.4 is 15.0 Å². The molecule has 0 aromatic heterocycles. The molecule has 1 N–H and O–H groups in total. The summed E-state index contributed by atoms with van der Waals surface area (Å²) in [6, 6.07) is 9.42. The molecule has 2 rings (SSSR count). The Bertz CT molecular complexity index is 482. The Hall–Kier alpha value is -1.26. The third-order valence-electron chi connectivity index (χ3n) is 4.78. The van der Waals surface area contributed by atoms with Crippen LogP contribution in [-0.4, -0.2) is 45.0 Å². The summed E-state index contributed by atoms with van der Waals surface area (Å²) in [6.07, 6.45) is 3.38. The monoisotopic (exact) mass is 320 g/mol. The minimum absolute atomic E-state index is 0.0618. The topological polar surface area (TPSA) is 33.7 Å². The van der Waals surface area contributed by atoms with Gasteiger partial charge in [0, 0.05) is 44.0 Å². The van der Waals surface area contributed by atoms with Crippen molar-refractivity contribution in [3.63, 3.8) is 0 Å². The number of piperidine rings is 1. The van der Waals surface area contributed by atoms with Crippen LogP contribution in [0.3, 0.4) is 0 Å². The van der Waals surface area contributed by atoms with Crippen LogP contribution in [0.1, 0.15) is 40.0 Å². The van der Waals surface area contributed by atoms with Crippen LogP contribution in [0.4, 0.5) is 5.69 Å². The van der Waals surface area contributed by atoms with Gasteiger partial charge in [-0.25, -0.2) is 0 Å². The van der Waals surface area contributed by atoms with Crippen molar-refractivity contribution >= 4 is 5.69 Å². The standard InChI is InChI=1S/C19H32N2O2/c1-15(14-19(2,3)23-5)20-16-9-11-21(12-10-16)17-7-6-8-18(13-17)22-4/h6-8,13,15-16,20H,9-12,14H2,1-5H3/t15-/m1/s1. The molecule has 130 valence electrons. The van der Waals surface area contributed by atoms with Crippen LogP contribution >= 0.6 is 0 Å². The maximum atomic E-state index is 5.53. The fourth-order valence-electron chi connectivity index (χ4n) is 3.39. The van der Waals surface area contributed by atoms with E-state index in [1.54, 1.807) is 14.2 Å². The van der Waals surface area contributed by atoms with Crippen LogP contribution in [-0.2, 0) is 4.74 Å². The van der Waals surface area contributed by atoms with Gasteiger partial charge in [0.2, 0.25) is 0 Å². The van der Waals surface area contributed by atoms with Gasteiger partial charge in [0.25, 0.3) is 0 Å². The molecule has 0 radical (unpaired) electrons. The molecule has 23 heavy (non-hydrogen) atoms. The lowest BCUT2D eigenvalue weighted by Gasteiger charge is -2.36. The number of benzene rings is 1. The Kier molecular flexibility index (Phi) is 6.31. The van der Waals surface area contributed by atoms with Gasteiger partial charge in [0.05, 0.1) is 12.7 Å².